The number of hydrogen-bond acceptors (Lipinski definition) is 3. The van der Waals surface area contributed by atoms with E-state index in [-0.39, 0.29) is 0 Å². The van der Waals surface area contributed by atoms with Crippen LogP contribution in [0.3, 0.4) is 0 Å². The Balaban J connectivity index is 2.08. The summed E-state index contributed by atoms with van der Waals surface area (Å²) in [6.07, 6.45) is 2.15. The number of hydrogen-bond donors (Lipinski definition) is 1. The third kappa shape index (κ3) is 3.09. The van der Waals surface area contributed by atoms with E-state index in [1.807, 2.05) is 0 Å². The third-order valence-corrected chi connectivity index (χ3v) is 2.40. The van der Waals surface area contributed by atoms with Gasteiger partial charge in [-0.1, -0.05) is 0 Å². The Morgan fingerprint density at radius 1 is 1.58 bits per heavy atom. The first-order chi connectivity index (χ1) is 5.86. The van der Waals surface area contributed by atoms with E-state index in [0.717, 1.165) is 26.1 Å². The van der Waals surface area contributed by atoms with E-state index in [1.54, 1.807) is 7.11 Å². The number of likely N-dealkylation sites (tertiary alicyclic amines) is 1. The van der Waals surface area contributed by atoms with Crippen molar-refractivity contribution in [3.63, 3.8) is 0 Å². The number of nitrogens with zero attached hydrogens (tertiary/aromatic N) is 1. The molecule has 1 aliphatic heterocycles. The monoisotopic (exact) mass is 173 g/mol. The summed E-state index contributed by atoms with van der Waals surface area (Å²) in [4.78, 5) is 2.40. The van der Waals surface area contributed by atoms with Crippen LogP contribution in [-0.4, -0.2) is 50.0 Å². The second kappa shape index (κ2) is 5.51. The van der Waals surface area contributed by atoms with Crippen molar-refractivity contribution < 1.29 is 9.84 Å². The molecular weight excluding hydrogens is 154 g/mol. The summed E-state index contributed by atoms with van der Waals surface area (Å²) in [5.41, 5.74) is 0. The predicted molar refractivity (Wildman–Crippen MR) is 48.1 cm³/mol. The molecule has 0 aromatic heterocycles. The minimum Gasteiger partial charge on any atom is -0.396 e. The van der Waals surface area contributed by atoms with Crippen molar-refractivity contribution in [2.75, 3.05) is 40.0 Å². The van der Waals surface area contributed by atoms with E-state index in [1.165, 1.54) is 13.0 Å². The van der Waals surface area contributed by atoms with E-state index in [0.29, 0.717) is 12.5 Å². The van der Waals surface area contributed by atoms with Crippen LogP contribution < -0.4 is 0 Å². The van der Waals surface area contributed by atoms with Gasteiger partial charge < -0.3 is 14.7 Å². The number of ether oxygens (including phenoxy) is 1. The molecular formula is C9H19NO2. The fraction of sp³-hybridized carbons (Fsp3) is 1.00. The number of aliphatic hydroxyl groups is 1. The summed E-state index contributed by atoms with van der Waals surface area (Å²) in [6, 6.07) is 0. The van der Waals surface area contributed by atoms with Crippen LogP contribution in [0.1, 0.15) is 12.8 Å². The van der Waals surface area contributed by atoms with Gasteiger partial charge in [-0.15, -0.1) is 0 Å². The molecule has 1 N–H and O–H groups in total. The highest BCUT2D eigenvalue weighted by Crippen LogP contribution is 2.15. The molecule has 0 saturated carbocycles. The molecule has 0 amide bonds. The molecule has 1 aliphatic rings. The fourth-order valence-electron chi connectivity index (χ4n) is 1.78. The highest BCUT2D eigenvalue weighted by atomic mass is 16.5. The Hall–Kier alpha value is -0.120. The zero-order valence-corrected chi connectivity index (χ0v) is 7.83. The third-order valence-electron chi connectivity index (χ3n) is 2.40. The first kappa shape index (κ1) is 9.96. The molecule has 0 aromatic carbocycles. The molecule has 1 heterocycles. The lowest BCUT2D eigenvalue weighted by molar-refractivity contribution is 0.152. The SMILES string of the molecule is COCC1CCN(CCCO)C1. The Labute approximate surface area is 74.3 Å². The van der Waals surface area contributed by atoms with Gasteiger partial charge >= 0.3 is 0 Å². The lowest BCUT2D eigenvalue weighted by Crippen LogP contribution is -2.23. The molecule has 72 valence electrons. The van der Waals surface area contributed by atoms with Gasteiger partial charge in [0.2, 0.25) is 0 Å². The zero-order chi connectivity index (χ0) is 8.81. The molecule has 1 rings (SSSR count). The summed E-state index contributed by atoms with van der Waals surface area (Å²) in [6.45, 7) is 4.56. The quantitative estimate of drug-likeness (QED) is 0.650. The van der Waals surface area contributed by atoms with Gasteiger partial charge in [0.1, 0.15) is 0 Å². The first-order valence-corrected chi connectivity index (χ1v) is 4.69. The summed E-state index contributed by atoms with van der Waals surface area (Å²) < 4.78 is 5.10. The maximum absolute atomic E-state index is 8.64. The molecule has 0 bridgehead atoms. The highest BCUT2D eigenvalue weighted by Gasteiger charge is 2.21. The molecule has 0 aromatic rings. The lowest BCUT2D eigenvalue weighted by Gasteiger charge is -2.14. The molecule has 12 heavy (non-hydrogen) atoms. The average molecular weight is 173 g/mol. The van der Waals surface area contributed by atoms with Crippen LogP contribution in [0, 0.1) is 5.92 Å². The van der Waals surface area contributed by atoms with Crippen molar-refractivity contribution in [2.45, 2.75) is 12.8 Å². The highest BCUT2D eigenvalue weighted by molar-refractivity contribution is 4.74. The minimum atomic E-state index is 0.311. The van der Waals surface area contributed by atoms with Crippen LogP contribution in [0.2, 0.25) is 0 Å². The van der Waals surface area contributed by atoms with Gasteiger partial charge in [0.25, 0.3) is 0 Å². The fourth-order valence-corrected chi connectivity index (χ4v) is 1.78. The molecule has 0 aliphatic carbocycles. The van der Waals surface area contributed by atoms with Gasteiger partial charge in [-0.05, 0) is 25.3 Å². The van der Waals surface area contributed by atoms with Crippen LogP contribution in [-0.2, 0) is 4.74 Å². The minimum absolute atomic E-state index is 0.311. The molecule has 0 radical (unpaired) electrons. The van der Waals surface area contributed by atoms with Crippen LogP contribution in [0.15, 0.2) is 0 Å². The molecule has 1 fully saturated rings. The zero-order valence-electron chi connectivity index (χ0n) is 7.83. The summed E-state index contributed by atoms with van der Waals surface area (Å²) in [5.74, 6) is 0.716. The van der Waals surface area contributed by atoms with Crippen molar-refractivity contribution in [1.82, 2.24) is 4.90 Å². The van der Waals surface area contributed by atoms with Crippen molar-refractivity contribution in [3.05, 3.63) is 0 Å². The lowest BCUT2D eigenvalue weighted by atomic mass is 10.1. The van der Waals surface area contributed by atoms with Crippen LogP contribution in [0.25, 0.3) is 0 Å². The Morgan fingerprint density at radius 2 is 2.42 bits per heavy atom. The second-order valence-electron chi connectivity index (χ2n) is 3.49. The van der Waals surface area contributed by atoms with Gasteiger partial charge in [0.15, 0.2) is 0 Å². The Kier molecular flexibility index (Phi) is 4.58. The van der Waals surface area contributed by atoms with Gasteiger partial charge in [-0.2, -0.15) is 0 Å². The van der Waals surface area contributed by atoms with E-state index < -0.39 is 0 Å². The van der Waals surface area contributed by atoms with Gasteiger partial charge in [-0.3, -0.25) is 0 Å². The number of aliphatic hydroxyl groups excluding tert-OH is 1. The normalized spacial score (nSPS) is 25.0. The van der Waals surface area contributed by atoms with Crippen molar-refractivity contribution >= 4 is 0 Å². The van der Waals surface area contributed by atoms with Crippen molar-refractivity contribution in [1.29, 1.82) is 0 Å². The molecule has 1 atom stereocenters. The topological polar surface area (TPSA) is 32.7 Å². The van der Waals surface area contributed by atoms with Crippen LogP contribution >= 0.6 is 0 Å². The van der Waals surface area contributed by atoms with Crippen LogP contribution in [0.5, 0.6) is 0 Å². The average Bonchev–Trinajstić information content (AvgIpc) is 2.50. The van der Waals surface area contributed by atoms with Gasteiger partial charge in [0.05, 0.1) is 6.61 Å². The molecule has 1 saturated heterocycles. The van der Waals surface area contributed by atoms with Crippen LogP contribution in [0.4, 0.5) is 0 Å². The van der Waals surface area contributed by atoms with Crippen molar-refractivity contribution in [2.24, 2.45) is 5.92 Å². The molecule has 1 unspecified atom stereocenters. The van der Waals surface area contributed by atoms with E-state index >= 15 is 0 Å². The summed E-state index contributed by atoms with van der Waals surface area (Å²) in [5, 5.41) is 8.64. The smallest absolute Gasteiger partial charge is 0.0503 e. The molecule has 3 heteroatoms. The molecule has 3 nitrogen and oxygen atoms in total. The summed E-state index contributed by atoms with van der Waals surface area (Å²) >= 11 is 0. The summed E-state index contributed by atoms with van der Waals surface area (Å²) in [7, 11) is 1.76. The number of rotatable bonds is 5. The van der Waals surface area contributed by atoms with E-state index in [9.17, 15) is 0 Å². The van der Waals surface area contributed by atoms with Gasteiger partial charge in [-0.25, -0.2) is 0 Å². The Bertz CT molecular complexity index is 119. The van der Waals surface area contributed by atoms with Gasteiger partial charge in [0, 0.05) is 26.8 Å². The maximum atomic E-state index is 8.64. The Morgan fingerprint density at radius 3 is 3.08 bits per heavy atom. The second-order valence-corrected chi connectivity index (χ2v) is 3.49. The number of methoxy groups -OCH3 is 1. The van der Waals surface area contributed by atoms with Crippen molar-refractivity contribution in [3.8, 4) is 0 Å². The largest absolute Gasteiger partial charge is 0.396 e. The predicted octanol–water partition coefficient (Wildman–Crippen LogP) is 0.337. The van der Waals surface area contributed by atoms with E-state index in [4.69, 9.17) is 9.84 Å². The maximum Gasteiger partial charge on any atom is 0.0503 e. The van der Waals surface area contributed by atoms with E-state index in [2.05, 4.69) is 4.90 Å². The molecule has 0 spiro atoms. The standard InChI is InChI=1S/C9H19NO2/c1-12-8-9-3-5-10(7-9)4-2-6-11/h9,11H,2-8H2,1H3. The first-order valence-electron chi connectivity index (χ1n) is 4.69.